The van der Waals surface area contributed by atoms with E-state index in [1.807, 2.05) is 20.8 Å². The fourth-order valence-electron chi connectivity index (χ4n) is 3.07. The molecule has 5 unspecified atom stereocenters. The van der Waals surface area contributed by atoms with Crippen molar-refractivity contribution in [2.24, 2.45) is 11.8 Å². The maximum absolute atomic E-state index is 12.8. The van der Waals surface area contributed by atoms with E-state index in [9.17, 15) is 10.1 Å². The van der Waals surface area contributed by atoms with Crippen molar-refractivity contribution in [3.63, 3.8) is 0 Å². The van der Waals surface area contributed by atoms with Gasteiger partial charge in [0, 0.05) is 0 Å². The van der Waals surface area contributed by atoms with Crippen LogP contribution in [0.25, 0.3) is 0 Å². The highest BCUT2D eigenvalue weighted by Crippen LogP contribution is 2.36. The molecule has 0 bridgehead atoms. The molecule has 0 amide bonds. The lowest BCUT2D eigenvalue weighted by Gasteiger charge is -2.20. The molecule has 0 aliphatic carbocycles. The lowest BCUT2D eigenvalue weighted by Crippen LogP contribution is -2.30. The van der Waals surface area contributed by atoms with Crippen molar-refractivity contribution in [2.75, 3.05) is 7.11 Å². The van der Waals surface area contributed by atoms with Crippen LogP contribution < -0.4 is 4.74 Å². The Labute approximate surface area is 125 Å². The third kappa shape index (κ3) is 2.93. The number of rotatable bonds is 4. The number of carbonyl (C=O) groups is 1. The lowest BCUT2D eigenvalue weighted by atomic mass is 9.79. The number of ether oxygens (including phenoxy) is 2. The summed E-state index contributed by atoms with van der Waals surface area (Å²) < 4.78 is 10.9. The first-order chi connectivity index (χ1) is 9.99. The highest BCUT2D eigenvalue weighted by Gasteiger charge is 2.44. The zero-order chi connectivity index (χ0) is 15.6. The van der Waals surface area contributed by atoms with Crippen molar-refractivity contribution in [3.8, 4) is 11.8 Å². The Morgan fingerprint density at radius 2 is 2.05 bits per heavy atom. The average Bonchev–Trinajstić information content (AvgIpc) is 2.73. The number of hydrogen-bond donors (Lipinski definition) is 0. The second-order valence-corrected chi connectivity index (χ2v) is 5.67. The molecule has 1 aromatic carbocycles. The van der Waals surface area contributed by atoms with Gasteiger partial charge in [-0.15, -0.1) is 0 Å². The molecule has 1 aromatic rings. The molecule has 4 heteroatoms. The third-order valence-corrected chi connectivity index (χ3v) is 4.41. The van der Waals surface area contributed by atoms with E-state index in [-0.39, 0.29) is 29.8 Å². The van der Waals surface area contributed by atoms with Crippen LogP contribution in [0.4, 0.5) is 0 Å². The standard InChI is InChI=1S/C17H21NO3/c1-10-11(2)21-12(3)16(10)17(19)15(9-18)13-6-5-7-14(8-13)20-4/h5-8,10-12,15-16H,1-4H3. The smallest absolute Gasteiger partial charge is 0.160 e. The van der Waals surface area contributed by atoms with Gasteiger partial charge < -0.3 is 9.47 Å². The van der Waals surface area contributed by atoms with Crippen LogP contribution in [0.3, 0.4) is 0 Å². The summed E-state index contributed by atoms with van der Waals surface area (Å²) in [6.07, 6.45) is -0.109. The Bertz CT molecular complexity index is 563. The molecule has 0 aromatic heterocycles. The van der Waals surface area contributed by atoms with E-state index < -0.39 is 5.92 Å². The summed E-state index contributed by atoms with van der Waals surface area (Å²) in [7, 11) is 1.57. The minimum absolute atomic E-state index is 0.0404. The first kappa shape index (κ1) is 15.5. The molecule has 5 atom stereocenters. The number of methoxy groups -OCH3 is 1. The third-order valence-electron chi connectivity index (χ3n) is 4.41. The Morgan fingerprint density at radius 3 is 2.57 bits per heavy atom. The summed E-state index contributed by atoms with van der Waals surface area (Å²) in [6, 6.07) is 9.28. The van der Waals surface area contributed by atoms with E-state index in [1.54, 1.807) is 31.4 Å². The minimum Gasteiger partial charge on any atom is -0.497 e. The van der Waals surface area contributed by atoms with Gasteiger partial charge in [0.25, 0.3) is 0 Å². The van der Waals surface area contributed by atoms with Gasteiger partial charge in [-0.2, -0.15) is 5.26 Å². The Balaban J connectivity index is 2.29. The molecular weight excluding hydrogens is 266 g/mol. The zero-order valence-electron chi connectivity index (χ0n) is 12.9. The number of hydrogen-bond acceptors (Lipinski definition) is 4. The number of nitriles is 1. The van der Waals surface area contributed by atoms with Crippen LogP contribution in [0, 0.1) is 23.2 Å². The number of carbonyl (C=O) groups excluding carboxylic acids is 1. The van der Waals surface area contributed by atoms with E-state index in [2.05, 4.69) is 6.07 Å². The highest BCUT2D eigenvalue weighted by atomic mass is 16.5. The number of benzene rings is 1. The van der Waals surface area contributed by atoms with Crippen LogP contribution in [0.15, 0.2) is 24.3 Å². The summed E-state index contributed by atoms with van der Waals surface area (Å²) in [5, 5.41) is 9.46. The van der Waals surface area contributed by atoms with E-state index in [4.69, 9.17) is 9.47 Å². The molecule has 0 spiro atoms. The molecule has 1 aliphatic rings. The fourth-order valence-corrected chi connectivity index (χ4v) is 3.07. The van der Waals surface area contributed by atoms with Gasteiger partial charge in [-0.1, -0.05) is 19.1 Å². The highest BCUT2D eigenvalue weighted by molar-refractivity contribution is 5.91. The number of ketones is 1. The topological polar surface area (TPSA) is 59.3 Å². The predicted molar refractivity (Wildman–Crippen MR) is 79.0 cm³/mol. The SMILES string of the molecule is COc1cccc(C(C#N)C(=O)C2C(C)OC(C)C2C)c1. The Kier molecular flexibility index (Phi) is 4.64. The van der Waals surface area contributed by atoms with Crippen molar-refractivity contribution in [3.05, 3.63) is 29.8 Å². The molecule has 2 rings (SSSR count). The maximum atomic E-state index is 12.8. The van der Waals surface area contributed by atoms with Gasteiger partial charge in [-0.05, 0) is 37.5 Å². The summed E-state index contributed by atoms with van der Waals surface area (Å²) in [4.78, 5) is 12.8. The van der Waals surface area contributed by atoms with E-state index >= 15 is 0 Å². The monoisotopic (exact) mass is 287 g/mol. The fraction of sp³-hybridized carbons (Fsp3) is 0.529. The van der Waals surface area contributed by atoms with Crippen molar-refractivity contribution in [2.45, 2.75) is 38.9 Å². The van der Waals surface area contributed by atoms with Gasteiger partial charge in [0.2, 0.25) is 0 Å². The maximum Gasteiger partial charge on any atom is 0.160 e. The molecule has 0 radical (unpaired) electrons. The Hall–Kier alpha value is -1.86. The van der Waals surface area contributed by atoms with Crippen LogP contribution >= 0.6 is 0 Å². The molecule has 0 saturated carbocycles. The van der Waals surface area contributed by atoms with E-state index in [0.29, 0.717) is 11.3 Å². The van der Waals surface area contributed by atoms with E-state index in [1.165, 1.54) is 0 Å². The molecular formula is C17H21NO3. The molecule has 112 valence electrons. The average molecular weight is 287 g/mol. The van der Waals surface area contributed by atoms with Crippen molar-refractivity contribution >= 4 is 5.78 Å². The second kappa shape index (κ2) is 6.28. The summed E-state index contributed by atoms with van der Waals surface area (Å²) in [5.41, 5.74) is 0.681. The van der Waals surface area contributed by atoms with Crippen LogP contribution in [-0.4, -0.2) is 25.1 Å². The van der Waals surface area contributed by atoms with Crippen LogP contribution in [0.5, 0.6) is 5.75 Å². The van der Waals surface area contributed by atoms with Gasteiger partial charge in [0.15, 0.2) is 5.78 Å². The molecule has 1 aliphatic heterocycles. The van der Waals surface area contributed by atoms with Crippen LogP contribution in [-0.2, 0) is 9.53 Å². The minimum atomic E-state index is -0.774. The number of Topliss-reactive ketones (excluding diaryl/α,β-unsaturated/α-hetero) is 1. The van der Waals surface area contributed by atoms with Gasteiger partial charge in [0.1, 0.15) is 11.7 Å². The second-order valence-electron chi connectivity index (χ2n) is 5.67. The summed E-state index contributed by atoms with van der Waals surface area (Å²) >= 11 is 0. The quantitative estimate of drug-likeness (QED) is 0.854. The largest absolute Gasteiger partial charge is 0.497 e. The van der Waals surface area contributed by atoms with E-state index in [0.717, 1.165) is 0 Å². The molecule has 0 N–H and O–H groups in total. The Morgan fingerprint density at radius 1 is 1.33 bits per heavy atom. The molecule has 4 nitrogen and oxygen atoms in total. The van der Waals surface area contributed by atoms with Gasteiger partial charge in [0.05, 0.1) is 31.3 Å². The summed E-state index contributed by atoms with van der Waals surface area (Å²) in [6.45, 7) is 5.89. The van der Waals surface area contributed by atoms with Gasteiger partial charge in [-0.3, -0.25) is 4.79 Å². The van der Waals surface area contributed by atoms with Gasteiger partial charge >= 0.3 is 0 Å². The van der Waals surface area contributed by atoms with Crippen molar-refractivity contribution in [1.29, 1.82) is 5.26 Å². The predicted octanol–water partition coefficient (Wildman–Crippen LogP) is 2.93. The van der Waals surface area contributed by atoms with Crippen molar-refractivity contribution in [1.82, 2.24) is 0 Å². The molecule has 21 heavy (non-hydrogen) atoms. The van der Waals surface area contributed by atoms with Crippen LogP contribution in [0.1, 0.15) is 32.3 Å². The van der Waals surface area contributed by atoms with Gasteiger partial charge in [-0.25, -0.2) is 0 Å². The summed E-state index contributed by atoms with van der Waals surface area (Å²) in [5.74, 6) is -0.304. The molecule has 1 heterocycles. The first-order valence-corrected chi connectivity index (χ1v) is 7.22. The van der Waals surface area contributed by atoms with Crippen LogP contribution in [0.2, 0.25) is 0 Å². The first-order valence-electron chi connectivity index (χ1n) is 7.22. The molecule has 1 saturated heterocycles. The zero-order valence-corrected chi connectivity index (χ0v) is 12.9. The lowest BCUT2D eigenvalue weighted by molar-refractivity contribution is -0.125. The molecule has 1 fully saturated rings. The normalized spacial score (nSPS) is 29.7. The number of nitrogens with zero attached hydrogens (tertiary/aromatic N) is 1. The van der Waals surface area contributed by atoms with Crippen molar-refractivity contribution < 1.29 is 14.3 Å².